The summed E-state index contributed by atoms with van der Waals surface area (Å²) in [6, 6.07) is 0. The van der Waals surface area contributed by atoms with Crippen molar-refractivity contribution in [2.45, 2.75) is 0 Å². The molecule has 52 valence electrons. The Morgan fingerprint density at radius 2 is 0.778 bits per heavy atom. The molecule has 9 heavy (non-hydrogen) atoms. The minimum Gasteiger partial charge on any atom is -0.439 e. The van der Waals surface area contributed by atoms with Gasteiger partial charge in [-0.15, -0.1) is 0 Å². The van der Waals surface area contributed by atoms with Crippen molar-refractivity contribution in [1.82, 2.24) is 0 Å². The van der Waals surface area contributed by atoms with Gasteiger partial charge in [-0.1, -0.05) is 0 Å². The van der Waals surface area contributed by atoms with Gasteiger partial charge in [0.1, 0.15) is 0 Å². The van der Waals surface area contributed by atoms with Gasteiger partial charge in [-0.25, -0.2) is 0 Å². The van der Waals surface area contributed by atoms with E-state index in [-0.39, 0.29) is 19.5 Å². The van der Waals surface area contributed by atoms with E-state index in [1.165, 1.54) is 0 Å². The molecular formula is H2O6S2Zn. The zero-order valence-corrected chi connectivity index (χ0v) is 8.65. The summed E-state index contributed by atoms with van der Waals surface area (Å²) in [5.41, 5.74) is 0. The Hall–Kier alpha value is 0.443. The Labute approximate surface area is 67.6 Å². The predicted octanol–water partition coefficient (Wildman–Crippen LogP) is -0.465. The standard InChI is InChI=1S/2HO3S.Zn/c2*1-4(2)3;/h2*(H,1,2,3);/q2*-1;+2. The molecule has 6 nitrogen and oxygen atoms in total. The van der Waals surface area contributed by atoms with Gasteiger partial charge < -0.3 is 25.9 Å². The summed E-state index contributed by atoms with van der Waals surface area (Å²) >= 11 is 0. The van der Waals surface area contributed by atoms with Crippen molar-refractivity contribution >= 4 is 22.0 Å². The fraction of sp³-hybridized carbons (Fsp3) is 0. The fourth-order valence-electron chi connectivity index (χ4n) is 0. The fourth-order valence-corrected chi connectivity index (χ4v) is 0. The number of hydrogen-bond acceptors (Lipinski definition) is 6. The van der Waals surface area contributed by atoms with Crippen LogP contribution in [-0.2, 0) is 58.3 Å². The first-order valence-electron chi connectivity index (χ1n) is 1.03. The molecule has 0 fully saturated rings. The van der Waals surface area contributed by atoms with Crippen LogP contribution in [0.15, 0.2) is 0 Å². The molecule has 0 aliphatic rings. The Morgan fingerprint density at radius 3 is 0.778 bits per heavy atom. The molecule has 0 aliphatic carbocycles. The van der Waals surface area contributed by atoms with E-state index >= 15 is 0 Å². The van der Waals surface area contributed by atoms with E-state index in [0.29, 0.717) is 0 Å². The summed E-state index contributed by atoms with van der Waals surface area (Å²) in [6.07, 6.45) is 0. The maximum Gasteiger partial charge on any atom is 2.00 e. The van der Waals surface area contributed by atoms with Crippen molar-refractivity contribution in [2.24, 2.45) is 0 Å². The molecule has 2 N–H and O–H groups in total. The van der Waals surface area contributed by atoms with Gasteiger partial charge in [-0.2, -0.15) is 0 Å². The molecule has 0 saturated carbocycles. The molecule has 0 bridgehead atoms. The summed E-state index contributed by atoms with van der Waals surface area (Å²) in [6.45, 7) is 0. The monoisotopic (exact) mass is 226 g/mol. The third-order valence-electron chi connectivity index (χ3n) is 0. The molecular weight excluding hydrogens is 226 g/mol. The van der Waals surface area contributed by atoms with E-state index in [1.54, 1.807) is 0 Å². The Morgan fingerprint density at radius 1 is 0.778 bits per heavy atom. The Kier molecular flexibility index (Phi) is 20.3. The van der Waals surface area contributed by atoms with Crippen LogP contribution in [0.1, 0.15) is 0 Å². The number of rotatable bonds is 0. The second kappa shape index (κ2) is 11.3. The molecule has 0 saturated heterocycles. The minimum atomic E-state index is -2.86. The topological polar surface area (TPSA) is 109 Å². The molecule has 0 aromatic rings. The predicted molar refractivity (Wildman–Crippen MR) is 22.7 cm³/mol. The molecule has 0 aromatic heterocycles. The third kappa shape index (κ3) is 1780. The van der Waals surface area contributed by atoms with Crippen molar-refractivity contribution in [3.8, 4) is 0 Å². The van der Waals surface area contributed by atoms with Crippen LogP contribution in [0.25, 0.3) is 0 Å². The zero-order chi connectivity index (χ0) is 7.15. The largest absolute Gasteiger partial charge is 2.00 e. The van der Waals surface area contributed by atoms with E-state index in [4.69, 9.17) is 25.9 Å². The van der Waals surface area contributed by atoms with Crippen LogP contribution < -0.4 is 0 Å². The van der Waals surface area contributed by atoms with Crippen molar-refractivity contribution < 1.29 is 45.4 Å². The molecule has 0 spiro atoms. The minimum absolute atomic E-state index is 0. The average Bonchev–Trinajstić information content (AvgIpc) is 1.25. The second-order valence-electron chi connectivity index (χ2n) is 0.434. The van der Waals surface area contributed by atoms with Crippen LogP contribution in [0.2, 0.25) is 0 Å². The van der Waals surface area contributed by atoms with E-state index in [2.05, 4.69) is 0 Å². The third-order valence-corrected chi connectivity index (χ3v) is 0. The summed E-state index contributed by atoms with van der Waals surface area (Å²) in [4.78, 5) is 0. The van der Waals surface area contributed by atoms with Crippen LogP contribution in [0.4, 0.5) is 0 Å². The van der Waals surface area contributed by atoms with Gasteiger partial charge in [0.15, 0.2) is 0 Å². The first-order valence-corrected chi connectivity index (χ1v) is 3.10. The van der Waals surface area contributed by atoms with Crippen molar-refractivity contribution in [3.05, 3.63) is 0 Å². The van der Waals surface area contributed by atoms with Gasteiger partial charge >= 0.3 is 19.5 Å². The average molecular weight is 228 g/mol. The summed E-state index contributed by atoms with van der Waals surface area (Å²) in [7, 11) is -5.72. The van der Waals surface area contributed by atoms with Gasteiger partial charge in [-0.05, 0) is 0 Å². The van der Waals surface area contributed by atoms with Gasteiger partial charge in [0.05, 0.1) is 0 Å². The molecule has 0 rings (SSSR count). The van der Waals surface area contributed by atoms with Crippen molar-refractivity contribution in [2.75, 3.05) is 0 Å². The maximum absolute atomic E-state index is 8.56. The van der Waals surface area contributed by atoms with E-state index in [0.717, 1.165) is 0 Å². The van der Waals surface area contributed by atoms with Gasteiger partial charge in [0.2, 0.25) is 0 Å². The van der Waals surface area contributed by atoms with Crippen LogP contribution >= 0.6 is 0 Å². The Bertz CT molecular complexity index is 128. The quantitative estimate of drug-likeness (QED) is 0.251. The molecule has 0 amide bonds. The van der Waals surface area contributed by atoms with Crippen LogP contribution in [0, 0.1) is 0 Å². The number of hydrogen-bond donors (Lipinski definition) is 2. The molecule has 0 aliphatic heterocycles. The maximum atomic E-state index is 8.56. The van der Waals surface area contributed by atoms with Gasteiger partial charge in [0.25, 0.3) is 0 Å². The van der Waals surface area contributed by atoms with Crippen LogP contribution in [-0.4, -0.2) is 9.11 Å². The van der Waals surface area contributed by atoms with Gasteiger partial charge in [-0.3, -0.25) is 0 Å². The van der Waals surface area contributed by atoms with Crippen molar-refractivity contribution in [1.29, 1.82) is 0 Å². The van der Waals surface area contributed by atoms with Crippen LogP contribution in [0.3, 0.4) is 0 Å². The molecule has 9 heteroatoms. The second-order valence-corrected chi connectivity index (χ2v) is 1.30. The van der Waals surface area contributed by atoms with E-state index in [9.17, 15) is 0 Å². The van der Waals surface area contributed by atoms with Crippen molar-refractivity contribution in [3.63, 3.8) is 0 Å². The normalized spacial score (nSPS) is 7.56. The molecule has 0 atom stereocenters. The van der Waals surface area contributed by atoms with E-state index in [1.807, 2.05) is 0 Å². The summed E-state index contributed by atoms with van der Waals surface area (Å²) in [5, 5.41) is 0. The van der Waals surface area contributed by atoms with Gasteiger partial charge in [0, 0.05) is 22.0 Å². The zero-order valence-electron chi connectivity index (χ0n) is 4.05. The summed E-state index contributed by atoms with van der Waals surface area (Å²) < 4.78 is 48.2. The first kappa shape index (κ1) is 16.2. The molecule has 0 aromatic carbocycles. The molecule has 0 unspecified atom stereocenters. The first-order chi connectivity index (χ1) is 3.46. The van der Waals surface area contributed by atoms with E-state index < -0.39 is 22.0 Å². The summed E-state index contributed by atoms with van der Waals surface area (Å²) in [5.74, 6) is 0. The smallest absolute Gasteiger partial charge is 0.439 e. The SMILES string of the molecule is O=[S-](=O)O.O=[S-](=O)O.[Zn+2]. The Balaban J connectivity index is -0.0000000720. The molecule has 0 heterocycles. The molecule has 0 radical (unpaired) electrons. The van der Waals surface area contributed by atoms with Crippen LogP contribution in [0.5, 0.6) is 0 Å².